The third-order valence-corrected chi connectivity index (χ3v) is 5.52. The Labute approximate surface area is 165 Å². The van der Waals surface area contributed by atoms with Crippen LogP contribution in [0.25, 0.3) is 0 Å². The number of ether oxygens (including phenoxy) is 2. The maximum atomic E-state index is 13.4. The Balaban J connectivity index is 2.04. The molecule has 148 valence electrons. The van der Waals surface area contributed by atoms with Crippen molar-refractivity contribution in [3.63, 3.8) is 0 Å². The number of carbonyl (C=O) groups is 2. The van der Waals surface area contributed by atoms with E-state index >= 15 is 0 Å². The second-order valence-electron chi connectivity index (χ2n) is 6.45. The summed E-state index contributed by atoms with van der Waals surface area (Å²) in [6, 6.07) is 10.6. The van der Waals surface area contributed by atoms with Crippen molar-refractivity contribution in [2.45, 2.75) is 23.6 Å². The van der Waals surface area contributed by atoms with Crippen LogP contribution < -0.4 is 20.1 Å². The van der Waals surface area contributed by atoms with Gasteiger partial charge in [0.25, 0.3) is 11.8 Å². The standard InChI is InChI=1S/C20H22N2O5S/c1-13-3-5-15-17(9-13)28(25)18-10-14(2)4-6-16(18)27-12-20(24)22-8-7-21-19(23)11-26-15/h3-6,9-10H,7-8,11-12H2,1-2H3,(H,21,23)(H,22,24). The highest BCUT2D eigenvalue weighted by Gasteiger charge is 2.20. The largest absolute Gasteiger partial charge is 0.482 e. The topological polar surface area (TPSA) is 93.7 Å². The summed E-state index contributed by atoms with van der Waals surface area (Å²) in [5.74, 6) is 0.0917. The van der Waals surface area contributed by atoms with Crippen LogP contribution in [0.2, 0.25) is 0 Å². The molecule has 7 nitrogen and oxygen atoms in total. The number of benzene rings is 2. The highest BCUT2D eigenvalue weighted by Crippen LogP contribution is 2.32. The van der Waals surface area contributed by atoms with Gasteiger partial charge in [-0.3, -0.25) is 9.59 Å². The van der Waals surface area contributed by atoms with Gasteiger partial charge in [0.15, 0.2) is 13.2 Å². The fourth-order valence-corrected chi connectivity index (χ4v) is 4.11. The minimum atomic E-state index is -1.62. The number of aryl methyl sites for hydroxylation is 2. The Kier molecular flexibility index (Phi) is 6.30. The molecule has 2 N–H and O–H groups in total. The number of fused-ring (bicyclic) bond motifs is 2. The zero-order chi connectivity index (χ0) is 20.1. The highest BCUT2D eigenvalue weighted by molar-refractivity contribution is 7.85. The molecule has 0 radical (unpaired) electrons. The van der Waals surface area contributed by atoms with Crippen LogP contribution >= 0.6 is 0 Å². The monoisotopic (exact) mass is 402 g/mol. The number of hydrogen-bond donors (Lipinski definition) is 2. The van der Waals surface area contributed by atoms with Crippen molar-refractivity contribution in [1.82, 2.24) is 10.6 Å². The minimum Gasteiger partial charge on any atom is -0.482 e. The first-order valence-corrected chi connectivity index (χ1v) is 10.0. The fraction of sp³-hybridized carbons (Fsp3) is 0.300. The van der Waals surface area contributed by atoms with Crippen molar-refractivity contribution in [1.29, 1.82) is 0 Å². The molecule has 0 saturated carbocycles. The lowest BCUT2D eigenvalue weighted by Crippen LogP contribution is -2.38. The van der Waals surface area contributed by atoms with E-state index in [2.05, 4.69) is 10.6 Å². The first-order chi connectivity index (χ1) is 13.4. The molecule has 0 bridgehead atoms. The predicted molar refractivity (Wildman–Crippen MR) is 104 cm³/mol. The van der Waals surface area contributed by atoms with Gasteiger partial charge in [-0.05, 0) is 49.2 Å². The summed E-state index contributed by atoms with van der Waals surface area (Å²) in [5.41, 5.74) is 1.82. The van der Waals surface area contributed by atoms with Crippen LogP contribution in [-0.4, -0.2) is 42.3 Å². The number of hydrogen-bond acceptors (Lipinski definition) is 5. The second-order valence-corrected chi connectivity index (χ2v) is 7.86. The van der Waals surface area contributed by atoms with Gasteiger partial charge < -0.3 is 20.1 Å². The van der Waals surface area contributed by atoms with Crippen molar-refractivity contribution in [2.24, 2.45) is 0 Å². The molecule has 1 aliphatic rings. The summed E-state index contributed by atoms with van der Waals surface area (Å²) in [6.45, 7) is 3.90. The summed E-state index contributed by atoms with van der Waals surface area (Å²) < 4.78 is 24.7. The highest BCUT2D eigenvalue weighted by atomic mass is 32.2. The number of nitrogens with one attached hydrogen (secondary N) is 2. The first-order valence-electron chi connectivity index (χ1n) is 8.86. The molecule has 0 spiro atoms. The van der Waals surface area contributed by atoms with E-state index in [1.807, 2.05) is 26.0 Å². The van der Waals surface area contributed by atoms with E-state index in [0.29, 0.717) is 21.3 Å². The molecule has 28 heavy (non-hydrogen) atoms. The third-order valence-electron chi connectivity index (χ3n) is 4.08. The van der Waals surface area contributed by atoms with Gasteiger partial charge >= 0.3 is 0 Å². The number of rotatable bonds is 0. The van der Waals surface area contributed by atoms with Crippen LogP contribution in [0.3, 0.4) is 0 Å². The van der Waals surface area contributed by atoms with Gasteiger partial charge in [0.2, 0.25) is 0 Å². The molecule has 0 unspecified atom stereocenters. The van der Waals surface area contributed by atoms with Crippen molar-refractivity contribution in [2.75, 3.05) is 26.3 Å². The van der Waals surface area contributed by atoms with Crippen molar-refractivity contribution in [3.8, 4) is 11.5 Å². The molecule has 0 aromatic heterocycles. The smallest absolute Gasteiger partial charge is 0.258 e. The maximum absolute atomic E-state index is 13.4. The lowest BCUT2D eigenvalue weighted by atomic mass is 10.2. The van der Waals surface area contributed by atoms with E-state index in [1.165, 1.54) is 0 Å². The molecule has 8 heteroatoms. The first kappa shape index (κ1) is 19.9. The molecule has 0 fully saturated rings. The van der Waals surface area contributed by atoms with Crippen molar-refractivity contribution >= 4 is 22.6 Å². The molecule has 0 saturated heterocycles. The van der Waals surface area contributed by atoms with Gasteiger partial charge in [-0.1, -0.05) is 12.1 Å². The minimum absolute atomic E-state index is 0.210. The predicted octanol–water partition coefficient (Wildman–Crippen LogP) is 1.47. The SMILES string of the molecule is Cc1ccc2c(c1)S(=O)c1cc(C)ccc1OCC(=O)NCCNC(=O)CO2. The summed E-state index contributed by atoms with van der Waals surface area (Å²) >= 11 is 0. The Morgan fingerprint density at radius 1 is 0.786 bits per heavy atom. The van der Waals surface area contributed by atoms with E-state index in [-0.39, 0.29) is 38.1 Å². The van der Waals surface area contributed by atoms with Crippen LogP contribution in [-0.2, 0) is 20.4 Å². The molecular weight excluding hydrogens is 380 g/mol. The molecule has 2 aromatic rings. The summed E-state index contributed by atoms with van der Waals surface area (Å²) in [4.78, 5) is 24.8. The quantitative estimate of drug-likeness (QED) is 0.696. The molecule has 3 rings (SSSR count). The zero-order valence-electron chi connectivity index (χ0n) is 15.7. The van der Waals surface area contributed by atoms with Gasteiger partial charge in [-0.15, -0.1) is 0 Å². The molecule has 0 aliphatic carbocycles. The molecule has 2 amide bonds. The zero-order valence-corrected chi connectivity index (χ0v) is 16.6. The number of carbonyl (C=O) groups excluding carboxylic acids is 2. The van der Waals surface area contributed by atoms with Gasteiger partial charge in [-0.25, -0.2) is 4.21 Å². The van der Waals surface area contributed by atoms with E-state index in [4.69, 9.17) is 9.47 Å². The Hall–Kier alpha value is -2.87. The molecule has 0 atom stereocenters. The Morgan fingerprint density at radius 3 is 1.64 bits per heavy atom. The van der Waals surface area contributed by atoms with Gasteiger partial charge in [0.1, 0.15) is 11.5 Å². The number of amides is 2. The van der Waals surface area contributed by atoms with Gasteiger partial charge in [0, 0.05) is 13.1 Å². The van der Waals surface area contributed by atoms with Crippen LogP contribution in [0, 0.1) is 13.8 Å². The normalized spacial score (nSPS) is 16.2. The van der Waals surface area contributed by atoms with Crippen molar-refractivity contribution < 1.29 is 23.3 Å². The average molecular weight is 402 g/mol. The van der Waals surface area contributed by atoms with E-state index in [9.17, 15) is 13.8 Å². The van der Waals surface area contributed by atoms with Gasteiger partial charge in [-0.2, -0.15) is 0 Å². The van der Waals surface area contributed by atoms with E-state index in [1.54, 1.807) is 24.3 Å². The summed E-state index contributed by atoms with van der Waals surface area (Å²) in [6.07, 6.45) is 0. The van der Waals surface area contributed by atoms with Crippen LogP contribution in [0.5, 0.6) is 11.5 Å². The fourth-order valence-electron chi connectivity index (χ4n) is 2.67. The maximum Gasteiger partial charge on any atom is 0.258 e. The lowest BCUT2D eigenvalue weighted by Gasteiger charge is -2.15. The van der Waals surface area contributed by atoms with Gasteiger partial charge in [0.05, 0.1) is 20.6 Å². The third kappa shape index (κ3) is 4.89. The second kappa shape index (κ2) is 8.88. The lowest BCUT2D eigenvalue weighted by molar-refractivity contribution is -0.124. The molecule has 1 aliphatic heterocycles. The van der Waals surface area contributed by atoms with Crippen LogP contribution in [0.15, 0.2) is 46.2 Å². The van der Waals surface area contributed by atoms with Crippen molar-refractivity contribution in [3.05, 3.63) is 47.5 Å². The molecule has 2 aromatic carbocycles. The Morgan fingerprint density at radius 2 is 1.21 bits per heavy atom. The van der Waals surface area contributed by atoms with E-state index < -0.39 is 10.8 Å². The van der Waals surface area contributed by atoms with Crippen LogP contribution in [0.4, 0.5) is 0 Å². The average Bonchev–Trinajstić information content (AvgIpc) is 2.68. The Bertz CT molecular complexity index is 855. The molecular formula is C20H22N2O5S. The summed E-state index contributed by atoms with van der Waals surface area (Å²) in [7, 11) is -1.62. The van der Waals surface area contributed by atoms with Crippen LogP contribution in [0.1, 0.15) is 11.1 Å². The summed E-state index contributed by atoms with van der Waals surface area (Å²) in [5, 5.41) is 5.31. The van der Waals surface area contributed by atoms with E-state index in [0.717, 1.165) is 11.1 Å². The molecule has 1 heterocycles.